The van der Waals surface area contributed by atoms with Crippen LogP contribution in [-0.4, -0.2) is 83.0 Å². The molecule has 0 saturated carbocycles. The Morgan fingerprint density at radius 1 is 0.750 bits per heavy atom. The summed E-state index contributed by atoms with van der Waals surface area (Å²) >= 11 is 0. The maximum Gasteiger partial charge on any atom is 0.261 e. The van der Waals surface area contributed by atoms with Crippen molar-refractivity contribution >= 4 is 74.9 Å². The van der Waals surface area contributed by atoms with E-state index in [2.05, 4.69) is 20.9 Å². The Hall–Kier alpha value is -3.52. The number of rotatable bonds is 5. The first-order valence-corrected chi connectivity index (χ1v) is 19.4. The van der Waals surface area contributed by atoms with Crippen LogP contribution in [0.1, 0.15) is 19.4 Å². The predicted molar refractivity (Wildman–Crippen MR) is 183 cm³/mol. The molecule has 0 aliphatic heterocycles. The van der Waals surface area contributed by atoms with E-state index in [1.807, 2.05) is 13.0 Å². The van der Waals surface area contributed by atoms with Crippen LogP contribution in [0.5, 0.6) is 11.5 Å². The first-order valence-electron chi connectivity index (χ1n) is 13.8. The van der Waals surface area contributed by atoms with Crippen molar-refractivity contribution in [2.45, 2.75) is 30.0 Å². The van der Waals surface area contributed by atoms with Crippen LogP contribution < -0.4 is 0 Å². The van der Waals surface area contributed by atoms with Gasteiger partial charge in [0.05, 0.1) is 22.3 Å². The summed E-state index contributed by atoms with van der Waals surface area (Å²) in [5, 5.41) is 33.0. The number of fused-ring (bicyclic) bond motifs is 2. The summed E-state index contributed by atoms with van der Waals surface area (Å²) in [4.78, 5) is -0.651. The fourth-order valence-corrected chi connectivity index (χ4v) is 5.32. The third kappa shape index (κ3) is 12.8. The number of hydrogen-bond acceptors (Lipinski definition) is 16. The normalized spacial score (nSPS) is 13.5. The van der Waals surface area contributed by atoms with Gasteiger partial charge < -0.3 is 37.5 Å². The molecule has 4 aromatic carbocycles. The van der Waals surface area contributed by atoms with E-state index in [0.717, 1.165) is 5.56 Å². The van der Waals surface area contributed by atoms with Crippen LogP contribution in [0, 0.1) is 12.4 Å². The van der Waals surface area contributed by atoms with Gasteiger partial charge in [0.15, 0.2) is 11.5 Å². The zero-order valence-electron chi connectivity index (χ0n) is 27.6. The monoisotopic (exact) mass is 758 g/mol. The fourth-order valence-electron chi connectivity index (χ4n) is 3.95. The van der Waals surface area contributed by atoms with Crippen LogP contribution in [0.25, 0.3) is 21.5 Å². The number of benzene rings is 4. The lowest BCUT2D eigenvalue weighted by Crippen LogP contribution is -1.97. The number of azo groups is 1. The van der Waals surface area contributed by atoms with E-state index in [0.29, 0.717) is 46.0 Å². The highest BCUT2D eigenvalue weighted by Crippen LogP contribution is 2.55. The maximum absolute atomic E-state index is 10.3. The van der Waals surface area contributed by atoms with Gasteiger partial charge in [-0.15, -0.1) is 0 Å². The number of phenols is 2. The van der Waals surface area contributed by atoms with E-state index in [1.165, 1.54) is 19.2 Å². The van der Waals surface area contributed by atoms with Crippen molar-refractivity contribution in [3.63, 3.8) is 0 Å². The molecule has 0 heterocycles. The average Bonchev–Trinajstić information content (AvgIpc) is 2.96. The third-order valence-electron chi connectivity index (χ3n) is 5.60. The SMILES string of the molecule is CS(=O)(=O)O.CS(=O)(=O)O.[2H]Cc1cccc2cc(S(O)(O)O)c(N=NC)c(O)c12.[2H]N=Nc1c(S(O)(O)O)cc2cccc(CC)c2c1O. The van der Waals surface area contributed by atoms with Crippen LogP contribution >= 0.6 is 21.7 Å². The zero-order valence-corrected chi connectivity index (χ0v) is 28.8. The first-order chi connectivity index (χ1) is 22.8. The van der Waals surface area contributed by atoms with Crippen LogP contribution in [-0.2, 0) is 26.7 Å². The lowest BCUT2D eigenvalue weighted by molar-refractivity contribution is 0.373. The summed E-state index contributed by atoms with van der Waals surface area (Å²) in [6, 6.07) is 12.9. The van der Waals surface area contributed by atoms with E-state index in [4.69, 9.17) is 11.9 Å². The highest BCUT2D eigenvalue weighted by molar-refractivity contribution is 8.19. The Balaban J connectivity index is 0.000000394. The highest BCUT2D eigenvalue weighted by atomic mass is 32.3. The molecule has 18 nitrogen and oxygen atoms in total. The second-order valence-electron chi connectivity index (χ2n) is 9.43. The van der Waals surface area contributed by atoms with Crippen molar-refractivity contribution in [3.05, 3.63) is 59.7 Å². The topological polar surface area (TPSA) is 332 Å². The molecule has 11 N–H and O–H groups in total. The van der Waals surface area contributed by atoms with Crippen molar-refractivity contribution < 1.29 is 66.3 Å². The van der Waals surface area contributed by atoms with Gasteiger partial charge in [0.1, 0.15) is 33.1 Å². The van der Waals surface area contributed by atoms with E-state index in [1.54, 1.807) is 30.3 Å². The molecule has 48 heavy (non-hydrogen) atoms. The number of nitrogens with zero attached hydrogens (tertiary/aromatic N) is 3. The Bertz CT molecular complexity index is 1920. The van der Waals surface area contributed by atoms with E-state index in [-0.39, 0.29) is 39.6 Å². The molecule has 0 aliphatic rings. The molecule has 0 saturated heterocycles. The summed E-state index contributed by atoms with van der Waals surface area (Å²) < 4.78 is 123. The minimum Gasteiger partial charge on any atom is -0.505 e. The van der Waals surface area contributed by atoms with Crippen molar-refractivity contribution in [3.8, 4) is 11.5 Å². The Morgan fingerprint density at radius 3 is 1.60 bits per heavy atom. The largest absolute Gasteiger partial charge is 0.505 e. The second-order valence-corrected chi connectivity index (χ2v) is 15.3. The van der Waals surface area contributed by atoms with Gasteiger partial charge in [-0.25, -0.2) is 5.52 Å². The van der Waals surface area contributed by atoms with Gasteiger partial charge in [-0.3, -0.25) is 9.11 Å². The van der Waals surface area contributed by atoms with Crippen molar-refractivity contribution in [1.29, 1.82) is 5.52 Å². The Morgan fingerprint density at radius 2 is 1.19 bits per heavy atom. The molecule has 0 bridgehead atoms. The number of nitrogens with one attached hydrogen (secondary N) is 1. The molecular formula is C26H36N4O14S4. The third-order valence-corrected chi connectivity index (χ3v) is 7.40. The van der Waals surface area contributed by atoms with Gasteiger partial charge in [0.2, 0.25) is 1.41 Å². The van der Waals surface area contributed by atoms with Gasteiger partial charge in [-0.05, 0) is 47.4 Å². The molecule has 0 atom stereocenters. The van der Waals surface area contributed by atoms with Crippen molar-refractivity contribution in [1.82, 2.24) is 0 Å². The number of aryl methyl sites for hydroxylation is 2. The molecule has 0 aliphatic carbocycles. The molecule has 4 aromatic rings. The summed E-state index contributed by atoms with van der Waals surface area (Å²) in [5.41, 5.74) is 3.68. The summed E-state index contributed by atoms with van der Waals surface area (Å²) in [7, 11) is -14.1. The smallest absolute Gasteiger partial charge is 0.261 e. The Labute approximate surface area is 282 Å². The lowest BCUT2D eigenvalue weighted by atomic mass is 10.0. The predicted octanol–water partition coefficient (Wildman–Crippen LogP) is 7.51. The van der Waals surface area contributed by atoms with Crippen LogP contribution in [0.15, 0.2) is 73.7 Å². The molecule has 0 aromatic heterocycles. The molecule has 268 valence electrons. The molecule has 0 spiro atoms. The van der Waals surface area contributed by atoms with Crippen LogP contribution in [0.4, 0.5) is 11.4 Å². The van der Waals surface area contributed by atoms with Gasteiger partial charge in [-0.1, -0.05) is 43.3 Å². The van der Waals surface area contributed by atoms with E-state index in [9.17, 15) is 54.4 Å². The molecular weight excluding hydrogens is 721 g/mol. The maximum atomic E-state index is 10.3. The molecule has 4 rings (SSSR count). The summed E-state index contributed by atoms with van der Waals surface area (Å²) in [6.45, 7) is 1.86. The van der Waals surface area contributed by atoms with E-state index >= 15 is 0 Å². The minimum absolute atomic E-state index is 0.0532. The van der Waals surface area contributed by atoms with Crippen molar-refractivity contribution in [2.24, 2.45) is 15.3 Å². The fraction of sp³-hybridized carbons (Fsp3) is 0.231. The van der Waals surface area contributed by atoms with Crippen LogP contribution in [0.2, 0.25) is 1.41 Å². The molecule has 0 fully saturated rings. The van der Waals surface area contributed by atoms with Gasteiger partial charge in [-0.2, -0.15) is 32.2 Å². The molecule has 0 unspecified atom stereocenters. The van der Waals surface area contributed by atoms with E-state index < -0.39 is 42.0 Å². The number of hydrogen-bond donors (Lipinski definition) is 11. The highest BCUT2D eigenvalue weighted by Gasteiger charge is 2.26. The van der Waals surface area contributed by atoms with Gasteiger partial charge >= 0.3 is 0 Å². The second kappa shape index (κ2) is 16.7. The lowest BCUT2D eigenvalue weighted by Gasteiger charge is -2.22. The Kier molecular flexibility index (Phi) is 13.6. The molecule has 0 amide bonds. The van der Waals surface area contributed by atoms with Crippen LogP contribution in [0.3, 0.4) is 0 Å². The summed E-state index contributed by atoms with van der Waals surface area (Å²) in [5.74, 6) is -0.667. The standard InChI is InChI=1S/2C12H14N2O4S.2CH4O3S/c1-7-4-3-5-8-6-9(19(16,17)18)11(14-13-2)12(15)10(7)8;1-2-7-4-3-5-8-6-9(19(16,17)18)11(14-13)12(15)10(7)8;2*1-5(2,3)4/h3-6,15-18H,1-2H3;3-6,13,15-18H,2H2,1H3;2*1H3,(H,2,3,4)/i1D;;;/hD. The number of aromatic hydroxyl groups is 2. The summed E-state index contributed by atoms with van der Waals surface area (Å²) in [6.07, 6.45) is 2.08. The average molecular weight is 759 g/mol. The quantitative estimate of drug-likeness (QED) is 0.0693. The molecule has 0 radical (unpaired) electrons. The van der Waals surface area contributed by atoms with Gasteiger partial charge in [0.25, 0.3) is 20.2 Å². The minimum atomic E-state index is -4.09. The first kappa shape index (κ1) is 38.9. The molecule has 22 heteroatoms. The number of phenolic OH excluding ortho intramolecular Hbond substituents is 2. The van der Waals surface area contributed by atoms with Gasteiger partial charge in [0, 0.05) is 19.2 Å². The van der Waals surface area contributed by atoms with Crippen molar-refractivity contribution in [2.75, 3.05) is 19.6 Å². The zero-order chi connectivity index (χ0) is 38.8.